The number of hydrogen-bond acceptors (Lipinski definition) is 2. The smallest absolute Gasteiger partial charge is 0.163 e. The van der Waals surface area contributed by atoms with E-state index in [0.717, 1.165) is 61.6 Å². The second-order valence-corrected chi connectivity index (χ2v) is 9.23. The van der Waals surface area contributed by atoms with E-state index in [1.807, 2.05) is 36.7 Å². The Bertz CT molecular complexity index is 1850. The summed E-state index contributed by atoms with van der Waals surface area (Å²) >= 11 is 0. The summed E-state index contributed by atoms with van der Waals surface area (Å²) in [5.41, 5.74) is 7.30. The van der Waals surface area contributed by atoms with Crippen LogP contribution in [0.4, 0.5) is 0 Å². The summed E-state index contributed by atoms with van der Waals surface area (Å²) < 4.78 is 8.97. The van der Waals surface area contributed by atoms with Crippen LogP contribution >= 0.6 is 0 Å². The van der Waals surface area contributed by atoms with Crippen LogP contribution in [0.25, 0.3) is 61.6 Å². The fourth-order valence-corrected chi connectivity index (χ4v) is 5.19. The summed E-state index contributed by atoms with van der Waals surface area (Å²) in [6.45, 7) is 0. The molecular weight excluding hydrogens is 464 g/mol. The van der Waals surface area contributed by atoms with Crippen LogP contribution in [0.3, 0.4) is 0 Å². The molecule has 0 fully saturated rings. The van der Waals surface area contributed by atoms with Crippen LogP contribution in [-0.4, -0.2) is 9.55 Å². The number of para-hydroxylation sites is 1. The van der Waals surface area contributed by atoms with Crippen molar-refractivity contribution in [2.75, 3.05) is 0 Å². The van der Waals surface area contributed by atoms with Crippen molar-refractivity contribution < 1.29 is 4.42 Å². The van der Waals surface area contributed by atoms with Gasteiger partial charge >= 0.3 is 0 Å². The molecule has 0 aliphatic rings. The van der Waals surface area contributed by atoms with Gasteiger partial charge in [-0.2, -0.15) is 0 Å². The lowest BCUT2D eigenvalue weighted by Gasteiger charge is -2.10. The Morgan fingerprint density at radius 3 is 1.68 bits per heavy atom. The summed E-state index contributed by atoms with van der Waals surface area (Å²) in [5, 5.41) is 2.11. The van der Waals surface area contributed by atoms with Crippen LogP contribution < -0.4 is 0 Å². The highest BCUT2D eigenvalue weighted by Gasteiger charge is 2.24. The Balaban J connectivity index is 1.49. The predicted molar refractivity (Wildman–Crippen MR) is 155 cm³/mol. The fourth-order valence-electron chi connectivity index (χ4n) is 5.19. The maximum atomic E-state index is 6.84. The van der Waals surface area contributed by atoms with E-state index in [2.05, 4.69) is 114 Å². The lowest BCUT2D eigenvalue weighted by atomic mass is 9.96. The van der Waals surface area contributed by atoms with Gasteiger partial charge in [-0.1, -0.05) is 127 Å². The minimum atomic E-state index is 0.770. The molecule has 0 atom stereocenters. The van der Waals surface area contributed by atoms with E-state index >= 15 is 0 Å². The fraction of sp³-hybridized carbons (Fsp3) is 0. The zero-order valence-electron chi connectivity index (χ0n) is 20.7. The van der Waals surface area contributed by atoms with Crippen LogP contribution in [0.5, 0.6) is 0 Å². The van der Waals surface area contributed by atoms with E-state index in [1.165, 1.54) is 0 Å². The van der Waals surface area contributed by atoms with Gasteiger partial charge in [0, 0.05) is 27.6 Å². The molecule has 0 radical (unpaired) electrons. The summed E-state index contributed by atoms with van der Waals surface area (Å²) in [7, 11) is 0. The summed E-state index contributed by atoms with van der Waals surface area (Å²) in [4.78, 5) is 4.95. The number of rotatable bonds is 5. The molecule has 3 heteroatoms. The van der Waals surface area contributed by atoms with Crippen LogP contribution in [0.15, 0.2) is 150 Å². The lowest BCUT2D eigenvalue weighted by molar-refractivity contribution is 0.600. The molecule has 0 aliphatic heterocycles. The van der Waals surface area contributed by atoms with Crippen molar-refractivity contribution in [3.8, 4) is 50.8 Å². The van der Waals surface area contributed by atoms with Gasteiger partial charge in [-0.3, -0.25) is 4.57 Å². The Morgan fingerprint density at radius 2 is 1.00 bits per heavy atom. The van der Waals surface area contributed by atoms with Gasteiger partial charge in [-0.15, -0.1) is 0 Å². The van der Waals surface area contributed by atoms with Gasteiger partial charge < -0.3 is 4.42 Å². The standard InChI is InChI=1S/C35H24N2O/c1-4-14-25(15-5-1)28-20-10-11-21-29(28)34-30-22-12-13-23-31(30)35(38-34)32-33(26-16-6-2-7-17-26)37(24-36-32)27-18-8-3-9-19-27/h1-24H. The second-order valence-electron chi connectivity index (χ2n) is 9.23. The third-order valence-corrected chi connectivity index (χ3v) is 6.94. The zero-order valence-corrected chi connectivity index (χ0v) is 20.7. The van der Waals surface area contributed by atoms with Gasteiger partial charge in [-0.05, 0) is 23.3 Å². The first-order valence-corrected chi connectivity index (χ1v) is 12.7. The molecule has 180 valence electrons. The largest absolute Gasteiger partial charge is 0.453 e. The summed E-state index contributed by atoms with van der Waals surface area (Å²) in [6.07, 6.45) is 1.89. The molecule has 38 heavy (non-hydrogen) atoms. The van der Waals surface area contributed by atoms with E-state index in [-0.39, 0.29) is 0 Å². The van der Waals surface area contributed by atoms with Crippen molar-refractivity contribution >= 4 is 10.8 Å². The second kappa shape index (κ2) is 9.38. The summed E-state index contributed by atoms with van der Waals surface area (Å²) in [5.74, 6) is 1.62. The van der Waals surface area contributed by atoms with Gasteiger partial charge in [0.1, 0.15) is 17.8 Å². The van der Waals surface area contributed by atoms with Crippen molar-refractivity contribution in [2.45, 2.75) is 0 Å². The maximum absolute atomic E-state index is 6.84. The molecule has 7 aromatic rings. The molecule has 0 aliphatic carbocycles. The molecule has 5 aromatic carbocycles. The SMILES string of the molecule is c1ccc(-c2ccccc2-c2oc(-c3ncn(-c4ccccc4)c3-c3ccccc3)c3ccccc23)cc1. The van der Waals surface area contributed by atoms with Crippen LogP contribution in [0, 0.1) is 0 Å². The van der Waals surface area contributed by atoms with Crippen molar-refractivity contribution in [1.82, 2.24) is 9.55 Å². The predicted octanol–water partition coefficient (Wildman–Crippen LogP) is 9.29. The molecule has 2 heterocycles. The number of hydrogen-bond donors (Lipinski definition) is 0. The monoisotopic (exact) mass is 488 g/mol. The van der Waals surface area contributed by atoms with Gasteiger partial charge in [-0.25, -0.2) is 4.98 Å². The van der Waals surface area contributed by atoms with Gasteiger partial charge in [0.05, 0.1) is 5.69 Å². The first kappa shape index (κ1) is 22.1. The third kappa shape index (κ3) is 3.73. The van der Waals surface area contributed by atoms with E-state index in [9.17, 15) is 0 Å². The van der Waals surface area contributed by atoms with E-state index in [1.54, 1.807) is 0 Å². The minimum absolute atomic E-state index is 0.770. The third-order valence-electron chi connectivity index (χ3n) is 6.94. The Morgan fingerprint density at radius 1 is 0.474 bits per heavy atom. The van der Waals surface area contributed by atoms with Gasteiger partial charge in [0.15, 0.2) is 5.76 Å². The molecule has 3 nitrogen and oxygen atoms in total. The first-order valence-electron chi connectivity index (χ1n) is 12.7. The molecule has 0 bridgehead atoms. The van der Waals surface area contributed by atoms with Crippen LogP contribution in [0.2, 0.25) is 0 Å². The Hall–Kier alpha value is -5.15. The highest BCUT2D eigenvalue weighted by Crippen LogP contribution is 2.44. The van der Waals surface area contributed by atoms with Gasteiger partial charge in [0.25, 0.3) is 0 Å². The van der Waals surface area contributed by atoms with Crippen LogP contribution in [-0.2, 0) is 0 Å². The number of imidazole rings is 1. The van der Waals surface area contributed by atoms with Crippen molar-refractivity contribution in [2.24, 2.45) is 0 Å². The van der Waals surface area contributed by atoms with Crippen LogP contribution in [0.1, 0.15) is 0 Å². The minimum Gasteiger partial charge on any atom is -0.453 e. The molecule has 0 unspecified atom stereocenters. The average molecular weight is 489 g/mol. The van der Waals surface area contributed by atoms with Crippen molar-refractivity contribution in [1.29, 1.82) is 0 Å². The number of fused-ring (bicyclic) bond motifs is 1. The van der Waals surface area contributed by atoms with E-state index in [4.69, 9.17) is 9.40 Å². The molecule has 0 spiro atoms. The normalized spacial score (nSPS) is 11.2. The number of benzene rings is 5. The number of nitrogens with zero attached hydrogens (tertiary/aromatic N) is 2. The quantitative estimate of drug-likeness (QED) is 0.242. The molecule has 0 saturated carbocycles. The highest BCUT2D eigenvalue weighted by molar-refractivity contribution is 6.05. The number of aromatic nitrogens is 2. The van der Waals surface area contributed by atoms with Gasteiger partial charge in [0.2, 0.25) is 0 Å². The maximum Gasteiger partial charge on any atom is 0.163 e. The first-order chi connectivity index (χ1) is 18.9. The Labute approximate surface area is 221 Å². The highest BCUT2D eigenvalue weighted by atomic mass is 16.3. The molecule has 7 rings (SSSR count). The van der Waals surface area contributed by atoms with E-state index < -0.39 is 0 Å². The van der Waals surface area contributed by atoms with Crippen molar-refractivity contribution in [3.05, 3.63) is 146 Å². The molecule has 0 N–H and O–H groups in total. The molecule has 2 aromatic heterocycles. The van der Waals surface area contributed by atoms with Crippen molar-refractivity contribution in [3.63, 3.8) is 0 Å². The van der Waals surface area contributed by atoms with E-state index in [0.29, 0.717) is 0 Å². The molecular formula is C35H24N2O. The summed E-state index contributed by atoms with van der Waals surface area (Å²) in [6, 6.07) is 48.0. The topological polar surface area (TPSA) is 31.0 Å². The zero-order chi connectivity index (χ0) is 25.3. The number of furan rings is 1. The molecule has 0 amide bonds. The lowest BCUT2D eigenvalue weighted by Crippen LogP contribution is -1.95. The Kier molecular flexibility index (Phi) is 5.45. The molecule has 0 saturated heterocycles. The average Bonchev–Trinajstić information content (AvgIpc) is 3.61.